The Kier molecular flexibility index (Phi) is 8.17. The van der Waals surface area contributed by atoms with Gasteiger partial charge in [-0.2, -0.15) is 0 Å². The third-order valence-corrected chi connectivity index (χ3v) is 12.2. The van der Waals surface area contributed by atoms with Crippen LogP contribution in [0.15, 0.2) is 235 Å². The Balaban J connectivity index is 1.10. The molecule has 12 rings (SSSR count). The van der Waals surface area contributed by atoms with Gasteiger partial charge in [0.15, 0.2) is 0 Å². The normalized spacial score (nSPS) is 11.6. The number of anilines is 3. The molecule has 0 aliphatic carbocycles. The van der Waals surface area contributed by atoms with Crippen LogP contribution in [-0.4, -0.2) is 4.57 Å². The van der Waals surface area contributed by atoms with Gasteiger partial charge in [0.05, 0.1) is 22.4 Å². The Morgan fingerprint density at radius 3 is 1.87 bits per heavy atom. The van der Waals surface area contributed by atoms with Crippen LogP contribution in [0.25, 0.3) is 93.6 Å². The molecule has 0 aliphatic heterocycles. The lowest BCUT2D eigenvalue weighted by Gasteiger charge is -2.28. The van der Waals surface area contributed by atoms with Gasteiger partial charge in [0.1, 0.15) is 11.2 Å². The number of para-hydroxylation sites is 5. The average molecular weight is 779 g/mol. The van der Waals surface area contributed by atoms with E-state index in [0.717, 1.165) is 78.0 Å². The van der Waals surface area contributed by atoms with Gasteiger partial charge in [-0.3, -0.25) is 0 Å². The van der Waals surface area contributed by atoms with Crippen molar-refractivity contribution in [3.8, 4) is 39.1 Å². The fourth-order valence-corrected chi connectivity index (χ4v) is 9.44. The second-order valence-corrected chi connectivity index (χ2v) is 15.6. The number of benzene rings is 10. The van der Waals surface area contributed by atoms with E-state index in [2.05, 4.69) is 234 Å². The van der Waals surface area contributed by atoms with E-state index >= 15 is 0 Å². The Labute approximate surface area is 353 Å². The van der Waals surface area contributed by atoms with Crippen molar-refractivity contribution in [2.45, 2.75) is 0 Å². The number of furan rings is 1. The van der Waals surface area contributed by atoms with E-state index in [-0.39, 0.29) is 0 Å². The summed E-state index contributed by atoms with van der Waals surface area (Å²) in [5.41, 5.74) is 15.3. The van der Waals surface area contributed by atoms with Gasteiger partial charge in [0, 0.05) is 49.6 Å². The maximum Gasteiger partial charge on any atom is 0.143 e. The number of aromatic nitrogens is 1. The summed E-state index contributed by atoms with van der Waals surface area (Å²) in [5, 5.41) is 7.11. The molecule has 0 saturated heterocycles. The molecule has 0 bridgehead atoms. The molecule has 3 heteroatoms. The molecule has 0 amide bonds. The number of fused-ring (bicyclic) bond motifs is 7. The molecule has 12 aromatic rings. The molecule has 0 aliphatic rings. The summed E-state index contributed by atoms with van der Waals surface area (Å²) in [6.45, 7) is 0. The zero-order valence-electron chi connectivity index (χ0n) is 33.2. The molecule has 2 heterocycles. The van der Waals surface area contributed by atoms with Crippen LogP contribution >= 0.6 is 0 Å². The van der Waals surface area contributed by atoms with Crippen LogP contribution in [0, 0.1) is 0 Å². The predicted octanol–water partition coefficient (Wildman–Crippen LogP) is 16.3. The second-order valence-electron chi connectivity index (χ2n) is 15.6. The van der Waals surface area contributed by atoms with E-state index in [1.165, 1.54) is 32.7 Å². The second kappa shape index (κ2) is 14.3. The molecule has 2 aromatic heterocycles. The topological polar surface area (TPSA) is 21.3 Å². The molecule has 3 nitrogen and oxygen atoms in total. The van der Waals surface area contributed by atoms with Crippen LogP contribution in [-0.2, 0) is 0 Å². The molecule has 286 valence electrons. The molecule has 0 spiro atoms. The summed E-state index contributed by atoms with van der Waals surface area (Å²) in [4.78, 5) is 2.41. The van der Waals surface area contributed by atoms with E-state index in [0.29, 0.717) is 0 Å². The van der Waals surface area contributed by atoms with Crippen LogP contribution in [0.5, 0.6) is 0 Å². The van der Waals surface area contributed by atoms with Gasteiger partial charge in [-0.05, 0) is 82.1 Å². The summed E-state index contributed by atoms with van der Waals surface area (Å²) in [6, 6.07) is 83.0. The quantitative estimate of drug-likeness (QED) is 0.161. The fraction of sp³-hybridized carbons (Fsp3) is 0. The van der Waals surface area contributed by atoms with E-state index in [4.69, 9.17) is 4.42 Å². The summed E-state index contributed by atoms with van der Waals surface area (Å²) >= 11 is 0. The Morgan fingerprint density at radius 2 is 0.984 bits per heavy atom. The number of hydrogen-bond acceptors (Lipinski definition) is 2. The number of hydrogen-bond donors (Lipinski definition) is 0. The summed E-state index contributed by atoms with van der Waals surface area (Å²) in [7, 11) is 0. The van der Waals surface area contributed by atoms with Crippen LogP contribution in [0.4, 0.5) is 17.1 Å². The van der Waals surface area contributed by atoms with Crippen molar-refractivity contribution in [2.24, 2.45) is 0 Å². The smallest absolute Gasteiger partial charge is 0.143 e. The Bertz CT molecular complexity index is 3590. The first kappa shape index (κ1) is 34.9. The first-order valence-electron chi connectivity index (χ1n) is 20.8. The minimum atomic E-state index is 0.893. The molecule has 0 atom stereocenters. The molecular weight excluding hydrogens is 741 g/mol. The van der Waals surface area contributed by atoms with Gasteiger partial charge in [-0.15, -0.1) is 0 Å². The van der Waals surface area contributed by atoms with E-state index < -0.39 is 0 Å². The van der Waals surface area contributed by atoms with Crippen molar-refractivity contribution in [2.75, 3.05) is 4.90 Å². The number of rotatable bonds is 7. The maximum atomic E-state index is 6.62. The standard InChI is InChI=1S/C58H38N2O/c1-3-17-40(18-4-1)52-37-41(45-27-15-20-39-19-7-8-23-44(39)45)33-36-55(52)59(42-21-5-2-6-22-42)43-34-35-48-46-24-9-12-30-53(46)60(56(48)38-43)54-31-13-10-25-47(54)50-28-16-29-51-49-26-11-14-32-57(49)61-58(50)51/h1-38H. The van der Waals surface area contributed by atoms with E-state index in [1.807, 2.05) is 6.07 Å². The van der Waals surface area contributed by atoms with Crippen molar-refractivity contribution < 1.29 is 4.42 Å². The van der Waals surface area contributed by atoms with Crippen molar-refractivity contribution >= 4 is 71.6 Å². The molecule has 0 saturated carbocycles. The van der Waals surface area contributed by atoms with Gasteiger partial charge < -0.3 is 13.9 Å². The fourth-order valence-electron chi connectivity index (χ4n) is 9.44. The van der Waals surface area contributed by atoms with Crippen molar-refractivity contribution in [3.05, 3.63) is 231 Å². The van der Waals surface area contributed by atoms with E-state index in [1.54, 1.807) is 0 Å². The maximum absolute atomic E-state index is 6.62. The first-order chi connectivity index (χ1) is 30.3. The molecule has 0 N–H and O–H groups in total. The lowest BCUT2D eigenvalue weighted by Crippen LogP contribution is -2.11. The molecule has 0 fully saturated rings. The SMILES string of the molecule is c1ccc(-c2cc(-c3cccc4ccccc34)ccc2N(c2ccccc2)c2ccc3c4ccccc4n(-c4ccccc4-c4cccc5c4oc4ccccc45)c3c2)cc1. The average Bonchev–Trinajstić information content (AvgIpc) is 3.88. The van der Waals surface area contributed by atoms with Crippen LogP contribution in [0.2, 0.25) is 0 Å². The number of nitrogens with zero attached hydrogens (tertiary/aromatic N) is 2. The lowest BCUT2D eigenvalue weighted by molar-refractivity contribution is 0.670. The molecule has 0 unspecified atom stereocenters. The highest BCUT2D eigenvalue weighted by Crippen LogP contribution is 2.46. The van der Waals surface area contributed by atoms with E-state index in [9.17, 15) is 0 Å². The van der Waals surface area contributed by atoms with Gasteiger partial charge >= 0.3 is 0 Å². The Hall–Kier alpha value is -8.14. The highest BCUT2D eigenvalue weighted by molar-refractivity contribution is 6.13. The van der Waals surface area contributed by atoms with Gasteiger partial charge in [-0.25, -0.2) is 0 Å². The third kappa shape index (κ3) is 5.74. The zero-order chi connectivity index (χ0) is 40.3. The van der Waals surface area contributed by atoms with Crippen LogP contribution in [0.1, 0.15) is 0 Å². The minimum absolute atomic E-state index is 0.893. The monoisotopic (exact) mass is 778 g/mol. The zero-order valence-corrected chi connectivity index (χ0v) is 33.2. The van der Waals surface area contributed by atoms with Crippen LogP contribution in [0.3, 0.4) is 0 Å². The summed E-state index contributed by atoms with van der Waals surface area (Å²) < 4.78 is 9.06. The highest BCUT2D eigenvalue weighted by Gasteiger charge is 2.23. The first-order valence-corrected chi connectivity index (χ1v) is 20.8. The highest BCUT2D eigenvalue weighted by atomic mass is 16.3. The predicted molar refractivity (Wildman–Crippen MR) is 257 cm³/mol. The Morgan fingerprint density at radius 1 is 0.344 bits per heavy atom. The molecule has 0 radical (unpaired) electrons. The van der Waals surface area contributed by atoms with Gasteiger partial charge in [-0.1, -0.05) is 176 Å². The van der Waals surface area contributed by atoms with Crippen molar-refractivity contribution in [1.82, 2.24) is 4.57 Å². The molecule has 61 heavy (non-hydrogen) atoms. The van der Waals surface area contributed by atoms with Crippen molar-refractivity contribution in [3.63, 3.8) is 0 Å². The summed E-state index contributed by atoms with van der Waals surface area (Å²) in [6.07, 6.45) is 0. The van der Waals surface area contributed by atoms with Crippen molar-refractivity contribution in [1.29, 1.82) is 0 Å². The minimum Gasteiger partial charge on any atom is -0.455 e. The van der Waals surface area contributed by atoms with Gasteiger partial charge in [0.2, 0.25) is 0 Å². The summed E-state index contributed by atoms with van der Waals surface area (Å²) in [5.74, 6) is 0. The largest absolute Gasteiger partial charge is 0.455 e. The lowest BCUT2D eigenvalue weighted by atomic mass is 9.93. The third-order valence-electron chi connectivity index (χ3n) is 12.2. The molecular formula is C58H38N2O. The molecule has 10 aromatic carbocycles. The van der Waals surface area contributed by atoms with Gasteiger partial charge in [0.25, 0.3) is 0 Å². The van der Waals surface area contributed by atoms with Crippen LogP contribution < -0.4 is 4.90 Å².